The van der Waals surface area contributed by atoms with Gasteiger partial charge in [0.2, 0.25) is 0 Å². The van der Waals surface area contributed by atoms with E-state index in [1.54, 1.807) is 0 Å². The van der Waals surface area contributed by atoms with Crippen molar-refractivity contribution in [1.82, 2.24) is 0 Å². The highest BCUT2D eigenvalue weighted by Crippen LogP contribution is 2.47. The number of thiophene rings is 1. The Kier molecular flexibility index (Phi) is 5.56. The first-order valence-electron chi connectivity index (χ1n) is 8.09. The predicted octanol–water partition coefficient (Wildman–Crippen LogP) is 5.20. The molecule has 0 aliphatic heterocycles. The van der Waals surface area contributed by atoms with Gasteiger partial charge in [-0.1, -0.05) is 55.1 Å². The smallest absolute Gasteiger partial charge is 0.337 e. The van der Waals surface area contributed by atoms with E-state index in [1.165, 1.54) is 17.8 Å². The number of hydrogen-bond donors (Lipinski definition) is 2. The van der Waals surface area contributed by atoms with Crippen LogP contribution in [0.1, 0.15) is 59.5 Å². The molecule has 0 spiro atoms. The van der Waals surface area contributed by atoms with Crippen LogP contribution >= 0.6 is 22.9 Å². The number of rotatable bonds is 5. The normalized spacial score (nSPS) is 15.6. The predicted molar refractivity (Wildman–Crippen MR) is 96.5 cm³/mol. The van der Waals surface area contributed by atoms with Gasteiger partial charge in [-0.25, -0.2) is 10.7 Å². The summed E-state index contributed by atoms with van der Waals surface area (Å²) < 4.78 is 0.595. The fraction of sp³-hybridized carbons (Fsp3) is 0.389. The van der Waals surface area contributed by atoms with Crippen molar-refractivity contribution < 1.29 is 14.7 Å². The molecular formula is C18H20ClNO3S. The molecule has 1 saturated carbocycles. The molecule has 1 aromatic carbocycles. The second kappa shape index (κ2) is 7.66. The van der Waals surface area contributed by atoms with E-state index in [9.17, 15) is 9.90 Å². The SMILES string of the molecule is NOCc1ccccc1-c1sc(Cl)c(C2CCCCC2)c1C(=O)O. The average molecular weight is 366 g/mol. The lowest BCUT2D eigenvalue weighted by molar-refractivity contribution is 0.0696. The number of carboxylic acid groups (broad SMARTS) is 1. The van der Waals surface area contributed by atoms with Crippen LogP contribution < -0.4 is 5.90 Å². The number of aromatic carboxylic acids is 1. The zero-order valence-corrected chi connectivity index (χ0v) is 14.8. The number of carbonyl (C=O) groups is 1. The van der Waals surface area contributed by atoms with Crippen LogP contribution in [0.25, 0.3) is 10.4 Å². The molecular weight excluding hydrogens is 346 g/mol. The molecule has 0 unspecified atom stereocenters. The Labute approximate surface area is 150 Å². The standard InChI is InChI=1S/C18H20ClNO3S/c19-17-14(11-6-2-1-3-7-11)15(18(21)22)16(24-17)13-9-5-4-8-12(13)10-23-20/h4-5,8-9,11H,1-3,6-7,10,20H2,(H,21,22). The van der Waals surface area contributed by atoms with E-state index < -0.39 is 5.97 Å². The van der Waals surface area contributed by atoms with Crippen molar-refractivity contribution in [3.63, 3.8) is 0 Å². The summed E-state index contributed by atoms with van der Waals surface area (Å²) in [5.74, 6) is 4.54. The molecule has 0 bridgehead atoms. The van der Waals surface area contributed by atoms with Crippen LogP contribution in [0.15, 0.2) is 24.3 Å². The Morgan fingerprint density at radius 3 is 2.67 bits per heavy atom. The molecule has 0 saturated heterocycles. The van der Waals surface area contributed by atoms with Crippen LogP contribution in [0, 0.1) is 0 Å². The second-order valence-electron chi connectivity index (χ2n) is 6.10. The number of halogens is 1. The van der Waals surface area contributed by atoms with Crippen molar-refractivity contribution >= 4 is 28.9 Å². The Morgan fingerprint density at radius 2 is 2.00 bits per heavy atom. The third-order valence-corrected chi connectivity index (χ3v) is 6.09. The summed E-state index contributed by atoms with van der Waals surface area (Å²) in [6.07, 6.45) is 5.48. The zero-order chi connectivity index (χ0) is 17.1. The van der Waals surface area contributed by atoms with Crippen LogP contribution in [-0.2, 0) is 11.4 Å². The highest BCUT2D eigenvalue weighted by molar-refractivity contribution is 7.20. The van der Waals surface area contributed by atoms with Gasteiger partial charge in [-0.2, -0.15) is 0 Å². The third kappa shape index (κ3) is 3.35. The van der Waals surface area contributed by atoms with Gasteiger partial charge in [0.15, 0.2) is 0 Å². The molecule has 3 N–H and O–H groups in total. The molecule has 1 aliphatic rings. The lowest BCUT2D eigenvalue weighted by atomic mass is 9.83. The third-order valence-electron chi connectivity index (χ3n) is 4.63. The lowest BCUT2D eigenvalue weighted by Gasteiger charge is -2.22. The van der Waals surface area contributed by atoms with Gasteiger partial charge in [0.1, 0.15) is 0 Å². The molecule has 2 aromatic rings. The van der Waals surface area contributed by atoms with Gasteiger partial charge >= 0.3 is 5.97 Å². The minimum atomic E-state index is -0.919. The number of nitrogens with two attached hydrogens (primary N) is 1. The molecule has 1 heterocycles. The van der Waals surface area contributed by atoms with E-state index in [2.05, 4.69) is 0 Å². The Bertz CT molecular complexity index is 738. The minimum Gasteiger partial charge on any atom is -0.478 e. The van der Waals surface area contributed by atoms with Crippen molar-refractivity contribution in [1.29, 1.82) is 0 Å². The number of carboxylic acids is 1. The average Bonchev–Trinajstić information content (AvgIpc) is 2.94. The van der Waals surface area contributed by atoms with E-state index in [-0.39, 0.29) is 12.5 Å². The van der Waals surface area contributed by atoms with Crippen LogP contribution in [0.2, 0.25) is 4.34 Å². The van der Waals surface area contributed by atoms with Crippen LogP contribution in [0.5, 0.6) is 0 Å². The van der Waals surface area contributed by atoms with Crippen LogP contribution in [0.3, 0.4) is 0 Å². The molecule has 0 amide bonds. The first-order valence-corrected chi connectivity index (χ1v) is 9.28. The highest BCUT2D eigenvalue weighted by Gasteiger charge is 2.30. The molecule has 128 valence electrons. The van der Waals surface area contributed by atoms with E-state index in [4.69, 9.17) is 22.3 Å². The first kappa shape index (κ1) is 17.4. The maximum atomic E-state index is 12.0. The van der Waals surface area contributed by atoms with Crippen molar-refractivity contribution in [3.8, 4) is 10.4 Å². The Morgan fingerprint density at radius 1 is 1.29 bits per heavy atom. The van der Waals surface area contributed by atoms with Gasteiger partial charge in [-0.3, -0.25) is 4.84 Å². The summed E-state index contributed by atoms with van der Waals surface area (Å²) in [4.78, 5) is 17.5. The minimum absolute atomic E-state index is 0.226. The van der Waals surface area contributed by atoms with Crippen LogP contribution in [0.4, 0.5) is 0 Å². The number of hydrogen-bond acceptors (Lipinski definition) is 4. The summed E-state index contributed by atoms with van der Waals surface area (Å²) in [6, 6.07) is 7.56. The van der Waals surface area contributed by atoms with E-state index in [0.29, 0.717) is 14.8 Å². The molecule has 24 heavy (non-hydrogen) atoms. The van der Waals surface area contributed by atoms with Crippen molar-refractivity contribution in [2.45, 2.75) is 44.6 Å². The fourth-order valence-electron chi connectivity index (χ4n) is 3.53. The molecule has 0 atom stereocenters. The zero-order valence-electron chi connectivity index (χ0n) is 13.3. The molecule has 1 aromatic heterocycles. The maximum Gasteiger partial charge on any atom is 0.337 e. The largest absolute Gasteiger partial charge is 0.478 e. The topological polar surface area (TPSA) is 72.5 Å². The van der Waals surface area contributed by atoms with Crippen molar-refractivity contribution in [3.05, 3.63) is 45.3 Å². The Balaban J connectivity index is 2.14. The van der Waals surface area contributed by atoms with Crippen molar-refractivity contribution in [2.24, 2.45) is 5.90 Å². The summed E-state index contributed by atoms with van der Waals surface area (Å²) >= 11 is 7.85. The highest BCUT2D eigenvalue weighted by atomic mass is 35.5. The first-order chi connectivity index (χ1) is 11.6. The lowest BCUT2D eigenvalue weighted by Crippen LogP contribution is -2.10. The monoisotopic (exact) mass is 365 g/mol. The van der Waals surface area contributed by atoms with Gasteiger partial charge in [-0.15, -0.1) is 11.3 Å². The summed E-state index contributed by atoms with van der Waals surface area (Å²) in [5.41, 5.74) is 2.85. The summed E-state index contributed by atoms with van der Waals surface area (Å²) in [6.45, 7) is 0.226. The van der Waals surface area contributed by atoms with Gasteiger partial charge in [0.05, 0.1) is 21.4 Å². The van der Waals surface area contributed by atoms with Gasteiger partial charge in [0.25, 0.3) is 0 Å². The van der Waals surface area contributed by atoms with Crippen molar-refractivity contribution in [2.75, 3.05) is 0 Å². The van der Waals surface area contributed by atoms with E-state index in [0.717, 1.165) is 42.4 Å². The number of benzene rings is 1. The van der Waals surface area contributed by atoms with Gasteiger partial charge in [0, 0.05) is 0 Å². The molecule has 1 fully saturated rings. The molecule has 3 rings (SSSR count). The maximum absolute atomic E-state index is 12.0. The Hall–Kier alpha value is -1.40. The quantitative estimate of drug-likeness (QED) is 0.714. The van der Waals surface area contributed by atoms with Gasteiger partial charge in [-0.05, 0) is 35.4 Å². The molecule has 6 heteroatoms. The van der Waals surface area contributed by atoms with Crippen LogP contribution in [-0.4, -0.2) is 11.1 Å². The summed E-state index contributed by atoms with van der Waals surface area (Å²) in [5, 5.41) is 9.86. The van der Waals surface area contributed by atoms with E-state index >= 15 is 0 Å². The summed E-state index contributed by atoms with van der Waals surface area (Å²) in [7, 11) is 0. The molecule has 0 radical (unpaired) electrons. The second-order valence-corrected chi connectivity index (χ2v) is 7.72. The van der Waals surface area contributed by atoms with Gasteiger partial charge < -0.3 is 5.11 Å². The fourth-order valence-corrected chi connectivity index (χ4v) is 5.18. The van der Waals surface area contributed by atoms with E-state index in [1.807, 2.05) is 24.3 Å². The molecule has 4 nitrogen and oxygen atoms in total. The molecule has 1 aliphatic carbocycles.